The van der Waals surface area contributed by atoms with Crippen LogP contribution >= 0.6 is 0 Å². The van der Waals surface area contributed by atoms with Gasteiger partial charge in [0.15, 0.2) is 0 Å². The van der Waals surface area contributed by atoms with Gasteiger partial charge in [-0.1, -0.05) is 39.5 Å². The Morgan fingerprint density at radius 1 is 0.889 bits per heavy atom. The van der Waals surface area contributed by atoms with Crippen molar-refractivity contribution in [1.29, 1.82) is 0 Å². The van der Waals surface area contributed by atoms with E-state index in [4.69, 9.17) is 0 Å². The molecule has 0 radical (unpaired) electrons. The molecule has 1 aliphatic carbocycles. The van der Waals surface area contributed by atoms with Gasteiger partial charge in [-0.3, -0.25) is 0 Å². The summed E-state index contributed by atoms with van der Waals surface area (Å²) in [7, 11) is 0. The SMILES string of the molecule is CC(C)CN1CCC(NC2CCCCCC2)CC1. The molecular formula is C16H32N2. The monoisotopic (exact) mass is 252 g/mol. The molecule has 0 unspecified atom stereocenters. The molecule has 2 fully saturated rings. The molecular weight excluding hydrogens is 220 g/mol. The average Bonchev–Trinajstić information content (AvgIpc) is 2.60. The second kappa shape index (κ2) is 7.49. The highest BCUT2D eigenvalue weighted by molar-refractivity contribution is 4.81. The minimum Gasteiger partial charge on any atom is -0.311 e. The molecule has 1 N–H and O–H groups in total. The van der Waals surface area contributed by atoms with E-state index < -0.39 is 0 Å². The van der Waals surface area contributed by atoms with Crippen molar-refractivity contribution in [2.24, 2.45) is 5.92 Å². The fourth-order valence-electron chi connectivity index (χ4n) is 3.58. The zero-order valence-electron chi connectivity index (χ0n) is 12.5. The van der Waals surface area contributed by atoms with Crippen LogP contribution in [0.3, 0.4) is 0 Å². The van der Waals surface area contributed by atoms with E-state index in [9.17, 15) is 0 Å². The zero-order valence-corrected chi connectivity index (χ0v) is 12.5. The van der Waals surface area contributed by atoms with Gasteiger partial charge in [0.1, 0.15) is 0 Å². The Labute approximate surface area is 114 Å². The predicted molar refractivity (Wildman–Crippen MR) is 78.9 cm³/mol. The maximum Gasteiger partial charge on any atom is 0.00940 e. The molecule has 2 rings (SSSR count). The lowest BCUT2D eigenvalue weighted by atomic mass is 10.0. The first kappa shape index (κ1) is 14.3. The third kappa shape index (κ3) is 4.89. The molecule has 2 aliphatic rings. The molecule has 1 heterocycles. The molecule has 0 spiro atoms. The van der Waals surface area contributed by atoms with E-state index in [1.807, 2.05) is 0 Å². The van der Waals surface area contributed by atoms with Crippen molar-refractivity contribution in [2.75, 3.05) is 19.6 Å². The van der Waals surface area contributed by atoms with Crippen LogP contribution in [0.2, 0.25) is 0 Å². The Hall–Kier alpha value is -0.0800. The molecule has 0 aromatic heterocycles. The molecule has 0 bridgehead atoms. The number of likely N-dealkylation sites (tertiary alicyclic amines) is 1. The van der Waals surface area contributed by atoms with Crippen LogP contribution < -0.4 is 5.32 Å². The maximum atomic E-state index is 3.94. The summed E-state index contributed by atoms with van der Waals surface area (Å²) >= 11 is 0. The first-order valence-electron chi connectivity index (χ1n) is 8.22. The van der Waals surface area contributed by atoms with E-state index in [2.05, 4.69) is 24.1 Å². The maximum absolute atomic E-state index is 3.94. The van der Waals surface area contributed by atoms with E-state index in [1.165, 1.54) is 71.0 Å². The van der Waals surface area contributed by atoms with Gasteiger partial charge in [0.2, 0.25) is 0 Å². The van der Waals surface area contributed by atoms with Crippen LogP contribution in [0.4, 0.5) is 0 Å². The summed E-state index contributed by atoms with van der Waals surface area (Å²) < 4.78 is 0. The summed E-state index contributed by atoms with van der Waals surface area (Å²) in [4.78, 5) is 2.65. The van der Waals surface area contributed by atoms with Crippen LogP contribution in [-0.2, 0) is 0 Å². The highest BCUT2D eigenvalue weighted by Gasteiger charge is 2.22. The van der Waals surface area contributed by atoms with Crippen LogP contribution in [0.5, 0.6) is 0 Å². The minimum absolute atomic E-state index is 0.802. The van der Waals surface area contributed by atoms with Crippen LogP contribution in [0.15, 0.2) is 0 Å². The first-order chi connectivity index (χ1) is 8.74. The molecule has 1 saturated heterocycles. The molecule has 2 heteroatoms. The van der Waals surface area contributed by atoms with Crippen LogP contribution in [-0.4, -0.2) is 36.6 Å². The van der Waals surface area contributed by atoms with Crippen molar-refractivity contribution < 1.29 is 0 Å². The number of nitrogens with zero attached hydrogens (tertiary/aromatic N) is 1. The van der Waals surface area contributed by atoms with Gasteiger partial charge in [-0.25, -0.2) is 0 Å². The van der Waals surface area contributed by atoms with E-state index in [0.29, 0.717) is 0 Å². The van der Waals surface area contributed by atoms with E-state index in [0.717, 1.165) is 18.0 Å². The van der Waals surface area contributed by atoms with Gasteiger partial charge in [-0.2, -0.15) is 0 Å². The van der Waals surface area contributed by atoms with Crippen molar-refractivity contribution in [2.45, 2.75) is 77.3 Å². The Morgan fingerprint density at radius 3 is 2.00 bits per heavy atom. The summed E-state index contributed by atoms with van der Waals surface area (Å²) in [5.41, 5.74) is 0. The van der Waals surface area contributed by atoms with Gasteiger partial charge in [0.25, 0.3) is 0 Å². The van der Waals surface area contributed by atoms with Crippen molar-refractivity contribution in [3.8, 4) is 0 Å². The summed E-state index contributed by atoms with van der Waals surface area (Å²) in [6.45, 7) is 8.56. The lowest BCUT2D eigenvalue weighted by Gasteiger charge is -2.35. The Bertz CT molecular complexity index is 211. The molecule has 0 aromatic carbocycles. The number of hydrogen-bond acceptors (Lipinski definition) is 2. The summed E-state index contributed by atoms with van der Waals surface area (Å²) in [5.74, 6) is 0.816. The second-order valence-corrected chi connectivity index (χ2v) is 6.82. The molecule has 0 aromatic rings. The standard InChI is InChI=1S/C16H32N2/c1-14(2)13-18-11-9-16(10-12-18)17-15-7-5-3-4-6-8-15/h14-17H,3-13H2,1-2H3. The zero-order chi connectivity index (χ0) is 12.8. The number of nitrogens with one attached hydrogen (secondary N) is 1. The highest BCUT2D eigenvalue weighted by atomic mass is 15.1. The van der Waals surface area contributed by atoms with E-state index >= 15 is 0 Å². The highest BCUT2D eigenvalue weighted by Crippen LogP contribution is 2.20. The molecule has 0 atom stereocenters. The number of rotatable bonds is 4. The lowest BCUT2D eigenvalue weighted by molar-refractivity contribution is 0.172. The predicted octanol–water partition coefficient (Wildman–Crippen LogP) is 3.42. The Morgan fingerprint density at radius 2 is 1.44 bits per heavy atom. The van der Waals surface area contributed by atoms with Gasteiger partial charge in [0, 0.05) is 18.6 Å². The normalized spacial score (nSPS) is 25.5. The largest absolute Gasteiger partial charge is 0.311 e. The van der Waals surface area contributed by atoms with Crippen molar-refractivity contribution in [3.63, 3.8) is 0 Å². The molecule has 1 aliphatic heterocycles. The van der Waals surface area contributed by atoms with Gasteiger partial charge < -0.3 is 10.2 Å². The van der Waals surface area contributed by atoms with Crippen LogP contribution in [0.25, 0.3) is 0 Å². The van der Waals surface area contributed by atoms with Crippen molar-refractivity contribution in [1.82, 2.24) is 10.2 Å². The van der Waals surface area contributed by atoms with E-state index in [-0.39, 0.29) is 0 Å². The molecule has 0 amide bonds. The molecule has 106 valence electrons. The van der Waals surface area contributed by atoms with Gasteiger partial charge in [0.05, 0.1) is 0 Å². The summed E-state index contributed by atoms with van der Waals surface area (Å²) in [6, 6.07) is 1.63. The molecule has 2 nitrogen and oxygen atoms in total. The van der Waals surface area contributed by atoms with Gasteiger partial charge >= 0.3 is 0 Å². The Balaban J connectivity index is 1.66. The van der Waals surface area contributed by atoms with Gasteiger partial charge in [-0.15, -0.1) is 0 Å². The summed E-state index contributed by atoms with van der Waals surface area (Å²) in [6.07, 6.45) is 11.4. The molecule has 18 heavy (non-hydrogen) atoms. The van der Waals surface area contributed by atoms with Crippen LogP contribution in [0, 0.1) is 5.92 Å². The summed E-state index contributed by atoms with van der Waals surface area (Å²) in [5, 5.41) is 3.94. The fourth-order valence-corrected chi connectivity index (χ4v) is 3.58. The van der Waals surface area contributed by atoms with Gasteiger partial charge in [-0.05, 0) is 44.7 Å². The van der Waals surface area contributed by atoms with Crippen LogP contribution in [0.1, 0.15) is 65.2 Å². The second-order valence-electron chi connectivity index (χ2n) is 6.82. The number of piperidine rings is 1. The minimum atomic E-state index is 0.802. The lowest BCUT2D eigenvalue weighted by Crippen LogP contribution is -2.46. The Kier molecular flexibility index (Phi) is 5.97. The van der Waals surface area contributed by atoms with E-state index in [1.54, 1.807) is 0 Å². The third-order valence-corrected chi connectivity index (χ3v) is 4.54. The number of hydrogen-bond donors (Lipinski definition) is 1. The first-order valence-corrected chi connectivity index (χ1v) is 8.22. The fraction of sp³-hybridized carbons (Fsp3) is 1.00. The topological polar surface area (TPSA) is 15.3 Å². The average molecular weight is 252 g/mol. The van der Waals surface area contributed by atoms with Crippen molar-refractivity contribution in [3.05, 3.63) is 0 Å². The quantitative estimate of drug-likeness (QED) is 0.771. The third-order valence-electron chi connectivity index (χ3n) is 4.54. The smallest absolute Gasteiger partial charge is 0.00940 e. The van der Waals surface area contributed by atoms with Crippen molar-refractivity contribution >= 4 is 0 Å². The molecule has 1 saturated carbocycles.